The van der Waals surface area contributed by atoms with E-state index in [0.29, 0.717) is 26.1 Å². The third kappa shape index (κ3) is 5.09. The summed E-state index contributed by atoms with van der Waals surface area (Å²) in [6.07, 6.45) is -0.300. The minimum absolute atomic E-state index is 0.493. The van der Waals surface area contributed by atoms with Gasteiger partial charge in [-0.3, -0.25) is 0 Å². The molecule has 0 saturated heterocycles. The predicted octanol–water partition coefficient (Wildman–Crippen LogP) is 2.16. The normalized spacial score (nSPS) is 13.9. The Kier molecular flexibility index (Phi) is 6.67. The molecule has 108 valence electrons. The lowest BCUT2D eigenvalue weighted by molar-refractivity contribution is 0.0264. The van der Waals surface area contributed by atoms with E-state index in [1.165, 1.54) is 0 Å². The molecule has 0 aliphatic rings. The first-order valence-electron chi connectivity index (χ1n) is 6.83. The zero-order chi connectivity index (χ0) is 14.3. The van der Waals surface area contributed by atoms with E-state index in [0.717, 1.165) is 17.1 Å². The van der Waals surface area contributed by atoms with Crippen molar-refractivity contribution in [3.05, 3.63) is 23.8 Å². The Labute approximate surface area is 115 Å². The summed E-state index contributed by atoms with van der Waals surface area (Å²) < 4.78 is 11.0. The molecule has 4 nitrogen and oxygen atoms in total. The zero-order valence-corrected chi connectivity index (χ0v) is 11.9. The molecule has 2 atom stereocenters. The predicted molar refractivity (Wildman–Crippen MR) is 74.8 cm³/mol. The Morgan fingerprint density at radius 2 is 1.79 bits per heavy atom. The summed E-state index contributed by atoms with van der Waals surface area (Å²) in [7, 11) is 0. The van der Waals surface area contributed by atoms with Gasteiger partial charge in [-0.15, -0.1) is 0 Å². The van der Waals surface area contributed by atoms with E-state index in [9.17, 15) is 10.2 Å². The molecule has 0 bridgehead atoms. The lowest BCUT2D eigenvalue weighted by Gasteiger charge is -2.16. The third-order valence-electron chi connectivity index (χ3n) is 2.91. The first-order valence-corrected chi connectivity index (χ1v) is 6.83. The summed E-state index contributed by atoms with van der Waals surface area (Å²) in [5.74, 6) is 1.61. The number of hydrogen-bond donors (Lipinski definition) is 2. The fourth-order valence-electron chi connectivity index (χ4n) is 1.85. The number of benzene rings is 1. The highest BCUT2D eigenvalue weighted by Crippen LogP contribution is 2.26. The lowest BCUT2D eigenvalue weighted by Crippen LogP contribution is -2.22. The van der Waals surface area contributed by atoms with Crippen molar-refractivity contribution in [3.63, 3.8) is 0 Å². The van der Waals surface area contributed by atoms with E-state index in [4.69, 9.17) is 9.47 Å². The molecule has 19 heavy (non-hydrogen) atoms. The molecule has 0 radical (unpaired) electrons. The maximum Gasteiger partial charge on any atom is 0.122 e. The molecule has 0 aliphatic heterocycles. The molecule has 1 aromatic rings. The molecular formula is C15H24O4. The molecule has 0 spiro atoms. The topological polar surface area (TPSA) is 58.9 Å². The summed E-state index contributed by atoms with van der Waals surface area (Å²) in [5.41, 5.74) is 0.993. The van der Waals surface area contributed by atoms with E-state index >= 15 is 0 Å². The van der Waals surface area contributed by atoms with Crippen LogP contribution in [0.2, 0.25) is 0 Å². The van der Waals surface area contributed by atoms with Gasteiger partial charge in [0.05, 0.1) is 25.4 Å². The quantitative estimate of drug-likeness (QED) is 0.758. The van der Waals surface area contributed by atoms with E-state index < -0.39 is 12.2 Å². The van der Waals surface area contributed by atoms with Gasteiger partial charge in [0.25, 0.3) is 0 Å². The van der Waals surface area contributed by atoms with Crippen LogP contribution in [0.5, 0.6) is 11.5 Å². The molecular weight excluding hydrogens is 244 g/mol. The van der Waals surface area contributed by atoms with Crippen molar-refractivity contribution in [1.29, 1.82) is 0 Å². The highest BCUT2D eigenvalue weighted by atomic mass is 16.5. The van der Waals surface area contributed by atoms with Crippen LogP contribution < -0.4 is 9.47 Å². The second-order valence-electron chi connectivity index (χ2n) is 4.48. The van der Waals surface area contributed by atoms with Crippen LogP contribution in [0.3, 0.4) is 0 Å². The molecule has 1 aromatic carbocycles. The molecule has 0 saturated carbocycles. The van der Waals surface area contributed by atoms with Gasteiger partial charge in [0.1, 0.15) is 11.5 Å². The molecule has 0 aromatic heterocycles. The number of hydrogen-bond acceptors (Lipinski definition) is 4. The Morgan fingerprint density at radius 3 is 2.37 bits per heavy atom. The maximum atomic E-state index is 9.66. The Bertz CT molecular complexity index is 376. The van der Waals surface area contributed by atoms with Crippen molar-refractivity contribution in [2.75, 3.05) is 13.2 Å². The summed E-state index contributed by atoms with van der Waals surface area (Å²) in [5, 5.41) is 19.0. The van der Waals surface area contributed by atoms with Gasteiger partial charge in [-0.05, 0) is 57.4 Å². The fraction of sp³-hybridized carbons (Fsp3) is 0.600. The molecule has 4 heteroatoms. The van der Waals surface area contributed by atoms with Gasteiger partial charge in [0.2, 0.25) is 0 Å². The number of aliphatic hydroxyl groups excluding tert-OH is 2. The van der Waals surface area contributed by atoms with Crippen molar-refractivity contribution in [3.8, 4) is 11.5 Å². The van der Waals surface area contributed by atoms with E-state index in [2.05, 4.69) is 0 Å². The molecule has 0 heterocycles. The highest BCUT2D eigenvalue weighted by Gasteiger charge is 2.13. The van der Waals surface area contributed by atoms with Crippen molar-refractivity contribution in [2.45, 2.75) is 45.8 Å². The van der Waals surface area contributed by atoms with Gasteiger partial charge in [0.15, 0.2) is 0 Å². The van der Waals surface area contributed by atoms with Crippen LogP contribution in [-0.2, 0) is 6.42 Å². The standard InChI is InChI=1S/C15H24O4/c1-4-18-13-7-9-15(19-5-2)12(10-13)6-8-14(17)11(3)16/h7,9-11,14,16-17H,4-6,8H2,1-3H3. The Balaban J connectivity index is 2.78. The smallest absolute Gasteiger partial charge is 0.122 e. The van der Waals surface area contributed by atoms with Crippen LogP contribution in [0.4, 0.5) is 0 Å². The molecule has 0 fully saturated rings. The average molecular weight is 268 g/mol. The number of aryl methyl sites for hydroxylation is 1. The van der Waals surface area contributed by atoms with E-state index in [1.807, 2.05) is 32.0 Å². The van der Waals surface area contributed by atoms with Crippen molar-refractivity contribution in [2.24, 2.45) is 0 Å². The fourth-order valence-corrected chi connectivity index (χ4v) is 1.85. The molecule has 2 unspecified atom stereocenters. The van der Waals surface area contributed by atoms with Gasteiger partial charge < -0.3 is 19.7 Å². The molecule has 1 rings (SSSR count). The van der Waals surface area contributed by atoms with Crippen molar-refractivity contribution in [1.82, 2.24) is 0 Å². The summed E-state index contributed by atoms with van der Waals surface area (Å²) in [4.78, 5) is 0. The van der Waals surface area contributed by atoms with Crippen molar-refractivity contribution >= 4 is 0 Å². The van der Waals surface area contributed by atoms with E-state index in [1.54, 1.807) is 6.92 Å². The second-order valence-corrected chi connectivity index (χ2v) is 4.48. The van der Waals surface area contributed by atoms with Crippen LogP contribution in [0.1, 0.15) is 32.8 Å². The van der Waals surface area contributed by atoms with Gasteiger partial charge in [-0.25, -0.2) is 0 Å². The highest BCUT2D eigenvalue weighted by molar-refractivity contribution is 5.40. The monoisotopic (exact) mass is 268 g/mol. The van der Waals surface area contributed by atoms with Gasteiger partial charge in [-0.1, -0.05) is 0 Å². The van der Waals surface area contributed by atoms with Crippen LogP contribution in [0.25, 0.3) is 0 Å². The van der Waals surface area contributed by atoms with Gasteiger partial charge in [-0.2, -0.15) is 0 Å². The molecule has 2 N–H and O–H groups in total. The first-order chi connectivity index (χ1) is 9.08. The number of ether oxygens (including phenoxy) is 2. The van der Waals surface area contributed by atoms with Crippen LogP contribution in [-0.4, -0.2) is 35.6 Å². The molecule has 0 amide bonds. The van der Waals surface area contributed by atoms with Crippen LogP contribution in [0, 0.1) is 0 Å². The van der Waals surface area contributed by atoms with E-state index in [-0.39, 0.29) is 0 Å². The van der Waals surface area contributed by atoms with Gasteiger partial charge >= 0.3 is 0 Å². The Hall–Kier alpha value is -1.26. The maximum absolute atomic E-state index is 9.66. The second kappa shape index (κ2) is 8.02. The lowest BCUT2D eigenvalue weighted by atomic mass is 10.0. The summed E-state index contributed by atoms with van der Waals surface area (Å²) in [6.45, 7) is 6.67. The summed E-state index contributed by atoms with van der Waals surface area (Å²) in [6, 6.07) is 5.70. The average Bonchev–Trinajstić information content (AvgIpc) is 2.38. The first kappa shape index (κ1) is 15.8. The number of aliphatic hydroxyl groups is 2. The largest absolute Gasteiger partial charge is 0.494 e. The zero-order valence-electron chi connectivity index (χ0n) is 11.9. The molecule has 0 aliphatic carbocycles. The van der Waals surface area contributed by atoms with Gasteiger partial charge in [0, 0.05) is 0 Å². The van der Waals surface area contributed by atoms with Crippen LogP contribution in [0.15, 0.2) is 18.2 Å². The summed E-state index contributed by atoms with van der Waals surface area (Å²) >= 11 is 0. The minimum atomic E-state index is -0.717. The number of rotatable bonds is 8. The van der Waals surface area contributed by atoms with Crippen molar-refractivity contribution < 1.29 is 19.7 Å². The van der Waals surface area contributed by atoms with Crippen LogP contribution >= 0.6 is 0 Å². The third-order valence-corrected chi connectivity index (χ3v) is 2.91. The Morgan fingerprint density at radius 1 is 1.11 bits per heavy atom. The SMILES string of the molecule is CCOc1ccc(OCC)c(CCC(O)C(C)O)c1. The minimum Gasteiger partial charge on any atom is -0.494 e.